The summed E-state index contributed by atoms with van der Waals surface area (Å²) in [6, 6.07) is 0. The molecule has 0 aromatic rings. The second-order valence-corrected chi connectivity index (χ2v) is 9.75. The van der Waals surface area contributed by atoms with Gasteiger partial charge in [0.05, 0.1) is 0 Å². The van der Waals surface area contributed by atoms with Crippen molar-refractivity contribution in [3.63, 3.8) is 0 Å². The van der Waals surface area contributed by atoms with Gasteiger partial charge in [-0.25, -0.2) is 0 Å². The summed E-state index contributed by atoms with van der Waals surface area (Å²) in [6.45, 7) is 9.13. The van der Waals surface area contributed by atoms with E-state index in [0.29, 0.717) is 0 Å². The summed E-state index contributed by atoms with van der Waals surface area (Å²) in [6.07, 6.45) is 7.33. The monoisotopic (exact) mass is 368 g/mol. The molecule has 0 nitrogen and oxygen atoms in total. The van der Waals surface area contributed by atoms with E-state index in [1.807, 2.05) is 6.66 Å². The van der Waals surface area contributed by atoms with Crippen LogP contribution in [0.3, 0.4) is 0 Å². The Morgan fingerprint density at radius 2 is 1.27 bits per heavy atom. The van der Waals surface area contributed by atoms with Gasteiger partial charge in [0.15, 0.2) is 0 Å². The van der Waals surface area contributed by atoms with Crippen molar-refractivity contribution < 1.29 is 25.8 Å². The van der Waals surface area contributed by atoms with Crippen LogP contribution in [0.15, 0.2) is 41.1 Å². The minimum atomic E-state index is -0.672. The third kappa shape index (κ3) is 2.18. The maximum absolute atomic E-state index is 2.41. The van der Waals surface area contributed by atoms with Gasteiger partial charge >= 0.3 is 105 Å². The Labute approximate surface area is 107 Å². The molecular weight excluding hydrogens is 347 g/mol. The van der Waals surface area contributed by atoms with Crippen LogP contribution in [-0.2, 0) is 22.9 Å². The molecule has 80 valence electrons. The van der Waals surface area contributed by atoms with Gasteiger partial charge in [-0.3, -0.25) is 0 Å². The fraction of sp³-hybridized carbons (Fsp3) is 0.429. The Balaban J connectivity index is 0.00000128. The van der Waals surface area contributed by atoms with Crippen LogP contribution < -0.4 is 0 Å². The summed E-state index contributed by atoms with van der Waals surface area (Å²) >= 11 is -0.672. The van der Waals surface area contributed by atoms with Crippen molar-refractivity contribution in [2.24, 2.45) is 0 Å². The maximum atomic E-state index is 2.41. The van der Waals surface area contributed by atoms with Crippen molar-refractivity contribution in [3.8, 4) is 0 Å². The zero-order chi connectivity index (χ0) is 11.0. The van der Waals surface area contributed by atoms with Crippen LogP contribution in [0.5, 0.6) is 0 Å². The van der Waals surface area contributed by atoms with E-state index in [0.717, 1.165) is 0 Å². The number of rotatable bonds is 2. The molecule has 15 heavy (non-hydrogen) atoms. The number of hydrogen-bond acceptors (Lipinski definition) is 0. The van der Waals surface area contributed by atoms with Gasteiger partial charge in [0.25, 0.3) is 0 Å². The van der Waals surface area contributed by atoms with Crippen LogP contribution in [0, 0.1) is 0 Å². The van der Waals surface area contributed by atoms with Crippen LogP contribution in [0.4, 0.5) is 0 Å². The predicted octanol–water partition coefficient (Wildman–Crippen LogP) is 4.54. The number of allylic oxidation sites excluding steroid dienone is 8. The number of hydrogen-bond donors (Lipinski definition) is 0. The predicted molar refractivity (Wildman–Crippen MR) is 64.4 cm³/mol. The van der Waals surface area contributed by atoms with Crippen LogP contribution in [0.25, 0.3) is 0 Å². The Kier molecular flexibility index (Phi) is 3.30. The summed E-state index contributed by atoms with van der Waals surface area (Å²) in [5.74, 6) is 0. The molecule has 0 bridgehead atoms. The minimum absolute atomic E-state index is 0. The van der Waals surface area contributed by atoms with Crippen molar-refractivity contribution in [3.05, 3.63) is 41.1 Å². The first-order chi connectivity index (χ1) is 7.09. The molecule has 0 aromatic heterocycles. The first-order valence-electron chi connectivity index (χ1n) is 5.60. The molecule has 1 heteroatoms. The SMILES string of the molecule is CC1=CC[C]([Hf+2][C]2=C(C)C(C)=CC2)=C1C.[H-].[H-]. The standard InChI is InChI=1S/2C7H9.Hf.2H/c2*1-6-4-3-5-7(6)2;;;/h2*4H,3H2,1-2H3;;;/q;;+2;2*-1. The Morgan fingerprint density at radius 1 is 0.867 bits per heavy atom. The van der Waals surface area contributed by atoms with Crippen LogP contribution in [0.1, 0.15) is 43.4 Å². The molecule has 0 fully saturated rings. The molecule has 0 spiro atoms. The van der Waals surface area contributed by atoms with Gasteiger partial charge in [0, 0.05) is 0 Å². The van der Waals surface area contributed by atoms with Crippen LogP contribution in [-0.4, -0.2) is 0 Å². The van der Waals surface area contributed by atoms with Crippen molar-refractivity contribution in [2.45, 2.75) is 40.5 Å². The Bertz CT molecular complexity index is 386. The molecule has 2 aliphatic rings. The second kappa shape index (κ2) is 4.37. The molecule has 0 atom stereocenters. The van der Waals surface area contributed by atoms with E-state index in [9.17, 15) is 0 Å². The van der Waals surface area contributed by atoms with Crippen molar-refractivity contribution in [1.82, 2.24) is 0 Å². The van der Waals surface area contributed by atoms with Crippen LogP contribution in [0.2, 0.25) is 0 Å². The zero-order valence-corrected chi connectivity index (χ0v) is 13.7. The molecule has 0 amide bonds. The van der Waals surface area contributed by atoms with Gasteiger partial charge in [0.2, 0.25) is 0 Å². The average Bonchev–Trinajstić information content (AvgIpc) is 2.68. The van der Waals surface area contributed by atoms with E-state index in [4.69, 9.17) is 0 Å². The molecule has 0 aliphatic heterocycles. The smallest absolute Gasteiger partial charge is 1.00 e. The fourth-order valence-corrected chi connectivity index (χ4v) is 7.61. The van der Waals surface area contributed by atoms with E-state index < -0.39 is 22.9 Å². The Hall–Kier alpha value is -0.170. The van der Waals surface area contributed by atoms with Crippen molar-refractivity contribution >= 4 is 0 Å². The normalized spacial score (nSPS) is 20.8. The molecule has 2 rings (SSSR count). The van der Waals surface area contributed by atoms with Crippen LogP contribution >= 0.6 is 0 Å². The third-order valence-corrected chi connectivity index (χ3v) is 9.94. The van der Waals surface area contributed by atoms with Gasteiger partial charge in [-0.1, -0.05) is 0 Å². The summed E-state index contributed by atoms with van der Waals surface area (Å²) in [5, 5.41) is 0. The van der Waals surface area contributed by atoms with Gasteiger partial charge in [-0.15, -0.1) is 0 Å². The second-order valence-electron chi connectivity index (χ2n) is 4.51. The molecule has 0 unspecified atom stereocenters. The molecule has 0 aromatic carbocycles. The maximum Gasteiger partial charge on any atom is -1.00 e. The first-order valence-corrected chi connectivity index (χ1v) is 9.19. The van der Waals surface area contributed by atoms with Gasteiger partial charge in [-0.05, 0) is 0 Å². The molecular formula is C14H20Hf. The van der Waals surface area contributed by atoms with Crippen molar-refractivity contribution in [2.75, 3.05) is 0 Å². The molecule has 0 saturated carbocycles. The van der Waals surface area contributed by atoms with E-state index in [1.165, 1.54) is 24.0 Å². The Morgan fingerprint density at radius 3 is 1.53 bits per heavy atom. The quantitative estimate of drug-likeness (QED) is 0.629. The first kappa shape index (κ1) is 11.3. The van der Waals surface area contributed by atoms with Crippen molar-refractivity contribution in [1.29, 1.82) is 0 Å². The molecule has 0 N–H and O–H groups in total. The molecule has 0 radical (unpaired) electrons. The van der Waals surface area contributed by atoms with E-state index in [1.54, 1.807) is 11.1 Å². The largest absolute Gasteiger partial charge is 1.00 e. The van der Waals surface area contributed by atoms with Gasteiger partial charge < -0.3 is 2.85 Å². The summed E-state index contributed by atoms with van der Waals surface area (Å²) in [4.78, 5) is 0. The topological polar surface area (TPSA) is 0 Å². The van der Waals surface area contributed by atoms with E-state index in [-0.39, 0.29) is 2.85 Å². The van der Waals surface area contributed by atoms with E-state index in [2.05, 4.69) is 39.8 Å². The zero-order valence-electron chi connectivity index (χ0n) is 12.1. The van der Waals surface area contributed by atoms with Gasteiger partial charge in [0.1, 0.15) is 0 Å². The average molecular weight is 367 g/mol. The third-order valence-electron chi connectivity index (χ3n) is 3.61. The summed E-state index contributed by atoms with van der Waals surface area (Å²) in [7, 11) is 0. The molecule has 0 saturated heterocycles. The fourth-order valence-electron chi connectivity index (χ4n) is 2.07. The summed E-state index contributed by atoms with van der Waals surface area (Å²) in [5.41, 5.74) is 6.28. The minimum Gasteiger partial charge on any atom is -1.00 e. The molecule has 2 aliphatic carbocycles. The van der Waals surface area contributed by atoms with Gasteiger partial charge in [-0.2, -0.15) is 0 Å². The summed E-state index contributed by atoms with van der Waals surface area (Å²) < 4.78 is 3.65. The van der Waals surface area contributed by atoms with E-state index >= 15 is 0 Å². The molecule has 0 heterocycles.